The maximum Gasteiger partial charge on any atom is 0.224 e. The molecule has 1 aliphatic carbocycles. The van der Waals surface area contributed by atoms with Gasteiger partial charge in [0.05, 0.1) is 6.42 Å². The molecule has 0 spiro atoms. The van der Waals surface area contributed by atoms with Crippen LogP contribution in [-0.2, 0) is 16.8 Å². The van der Waals surface area contributed by atoms with Crippen LogP contribution in [0.15, 0.2) is 60.8 Å². The molecule has 1 aliphatic rings. The summed E-state index contributed by atoms with van der Waals surface area (Å²) in [7, 11) is 4.34. The van der Waals surface area contributed by atoms with E-state index in [0.717, 1.165) is 42.1 Å². The Kier molecular flexibility index (Phi) is 5.23. The van der Waals surface area contributed by atoms with Crippen molar-refractivity contribution >= 4 is 16.8 Å². The zero-order valence-corrected chi connectivity index (χ0v) is 16.7. The fourth-order valence-corrected chi connectivity index (χ4v) is 4.71. The Morgan fingerprint density at radius 2 is 1.75 bits per heavy atom. The van der Waals surface area contributed by atoms with Crippen LogP contribution in [0.1, 0.15) is 36.8 Å². The highest BCUT2D eigenvalue weighted by atomic mass is 16.1. The number of nitrogens with one attached hydrogen (secondary N) is 2. The number of nitrogens with zero attached hydrogens (tertiary/aromatic N) is 1. The van der Waals surface area contributed by atoms with Crippen molar-refractivity contribution in [2.75, 3.05) is 14.1 Å². The van der Waals surface area contributed by atoms with Gasteiger partial charge in [0.25, 0.3) is 0 Å². The zero-order chi connectivity index (χ0) is 19.6. The van der Waals surface area contributed by atoms with Gasteiger partial charge in [0.1, 0.15) is 0 Å². The van der Waals surface area contributed by atoms with Crippen molar-refractivity contribution in [2.45, 2.75) is 43.7 Å². The Morgan fingerprint density at radius 3 is 2.46 bits per heavy atom. The normalized spacial score (nSPS) is 22.5. The molecule has 1 amide bonds. The predicted octanol–water partition coefficient (Wildman–Crippen LogP) is 4.23. The molecule has 1 fully saturated rings. The largest absolute Gasteiger partial charge is 0.361 e. The number of fused-ring (bicyclic) bond motifs is 1. The molecule has 1 heterocycles. The lowest BCUT2D eigenvalue weighted by Crippen LogP contribution is -2.48. The highest BCUT2D eigenvalue weighted by molar-refractivity contribution is 5.88. The standard InChI is InChI=1S/C24H29N3O/c1-27(2)24(19-8-4-3-5-9-19)14-12-20(13-15-24)26-23(28)16-18-17-25-22-11-7-6-10-21(18)22/h3-11,17,20,25H,12-16H2,1-2H3,(H,26,28). The maximum absolute atomic E-state index is 12.7. The Morgan fingerprint density at radius 1 is 1.07 bits per heavy atom. The van der Waals surface area contributed by atoms with Crippen molar-refractivity contribution in [3.63, 3.8) is 0 Å². The summed E-state index contributed by atoms with van der Waals surface area (Å²) in [6, 6.07) is 19.2. The number of aromatic amines is 1. The molecule has 3 aromatic rings. The summed E-state index contributed by atoms with van der Waals surface area (Å²) in [6.45, 7) is 0. The van der Waals surface area contributed by atoms with Crippen molar-refractivity contribution in [3.8, 4) is 0 Å². The Hall–Kier alpha value is -2.59. The van der Waals surface area contributed by atoms with E-state index < -0.39 is 0 Å². The van der Waals surface area contributed by atoms with E-state index in [4.69, 9.17) is 0 Å². The number of carbonyl (C=O) groups is 1. The molecule has 1 saturated carbocycles. The van der Waals surface area contributed by atoms with Gasteiger partial charge < -0.3 is 10.3 Å². The van der Waals surface area contributed by atoms with E-state index in [1.165, 1.54) is 5.56 Å². The average Bonchev–Trinajstić information content (AvgIpc) is 3.12. The quantitative estimate of drug-likeness (QED) is 0.701. The van der Waals surface area contributed by atoms with Crippen molar-refractivity contribution in [3.05, 3.63) is 71.9 Å². The second kappa shape index (κ2) is 7.80. The Balaban J connectivity index is 1.39. The van der Waals surface area contributed by atoms with Gasteiger partial charge in [-0.2, -0.15) is 0 Å². The topological polar surface area (TPSA) is 48.1 Å². The third kappa shape index (κ3) is 3.57. The minimum Gasteiger partial charge on any atom is -0.361 e. The molecular formula is C24H29N3O. The molecule has 0 atom stereocenters. The first-order valence-corrected chi connectivity index (χ1v) is 10.2. The Bertz CT molecular complexity index is 937. The van der Waals surface area contributed by atoms with Gasteiger partial charge in [0.15, 0.2) is 0 Å². The van der Waals surface area contributed by atoms with E-state index in [-0.39, 0.29) is 17.5 Å². The first-order chi connectivity index (χ1) is 13.6. The van der Waals surface area contributed by atoms with Crippen molar-refractivity contribution in [2.24, 2.45) is 0 Å². The van der Waals surface area contributed by atoms with E-state index in [1.54, 1.807) is 0 Å². The molecule has 4 heteroatoms. The first kappa shape index (κ1) is 18.8. The number of amides is 1. The lowest BCUT2D eigenvalue weighted by atomic mass is 9.74. The number of hydrogen-bond donors (Lipinski definition) is 2. The third-order valence-electron chi connectivity index (χ3n) is 6.37. The van der Waals surface area contributed by atoms with Crippen LogP contribution >= 0.6 is 0 Å². The van der Waals surface area contributed by atoms with E-state index in [2.05, 4.69) is 65.7 Å². The summed E-state index contributed by atoms with van der Waals surface area (Å²) in [6.07, 6.45) is 6.51. The molecule has 2 N–H and O–H groups in total. The predicted molar refractivity (Wildman–Crippen MR) is 114 cm³/mol. The summed E-state index contributed by atoms with van der Waals surface area (Å²) in [5.74, 6) is 0.117. The number of benzene rings is 2. The molecule has 146 valence electrons. The number of para-hydroxylation sites is 1. The van der Waals surface area contributed by atoms with Gasteiger partial charge in [-0.15, -0.1) is 0 Å². The van der Waals surface area contributed by atoms with Gasteiger partial charge in [0.2, 0.25) is 5.91 Å². The van der Waals surface area contributed by atoms with Gasteiger partial charge >= 0.3 is 0 Å². The van der Waals surface area contributed by atoms with Crippen LogP contribution in [0.4, 0.5) is 0 Å². The van der Waals surface area contributed by atoms with Crippen molar-refractivity contribution in [1.82, 2.24) is 15.2 Å². The number of aromatic nitrogens is 1. The van der Waals surface area contributed by atoms with Crippen LogP contribution in [0, 0.1) is 0 Å². The number of H-pyrrole nitrogens is 1. The molecule has 0 aliphatic heterocycles. The van der Waals surface area contributed by atoms with Crippen molar-refractivity contribution in [1.29, 1.82) is 0 Å². The van der Waals surface area contributed by atoms with Crippen molar-refractivity contribution < 1.29 is 4.79 Å². The Labute approximate surface area is 166 Å². The maximum atomic E-state index is 12.7. The molecule has 0 radical (unpaired) electrons. The van der Waals surface area contributed by atoms with Crippen LogP contribution in [-0.4, -0.2) is 35.9 Å². The fourth-order valence-electron chi connectivity index (χ4n) is 4.71. The van der Waals surface area contributed by atoms with Gasteiger partial charge in [-0.05, 0) is 57.0 Å². The zero-order valence-electron chi connectivity index (χ0n) is 16.7. The van der Waals surface area contributed by atoms with E-state index in [9.17, 15) is 4.79 Å². The van der Waals surface area contributed by atoms with Gasteiger partial charge in [-0.25, -0.2) is 0 Å². The monoisotopic (exact) mass is 375 g/mol. The van der Waals surface area contributed by atoms with Crippen LogP contribution in [0.3, 0.4) is 0 Å². The molecular weight excluding hydrogens is 346 g/mol. The molecule has 2 aromatic carbocycles. The van der Waals surface area contributed by atoms with Crippen LogP contribution in [0.25, 0.3) is 10.9 Å². The molecule has 0 unspecified atom stereocenters. The lowest BCUT2D eigenvalue weighted by Gasteiger charge is -2.45. The van der Waals surface area contributed by atoms with Gasteiger partial charge in [0, 0.05) is 28.7 Å². The average molecular weight is 376 g/mol. The van der Waals surface area contributed by atoms with Crippen LogP contribution in [0.5, 0.6) is 0 Å². The summed E-state index contributed by atoms with van der Waals surface area (Å²) in [5, 5.41) is 4.41. The lowest BCUT2D eigenvalue weighted by molar-refractivity contribution is -0.121. The molecule has 4 rings (SSSR count). The number of rotatable bonds is 5. The fraction of sp³-hybridized carbons (Fsp3) is 0.375. The SMILES string of the molecule is CN(C)C1(c2ccccc2)CCC(NC(=O)Cc2c[nH]c3ccccc23)CC1. The van der Waals surface area contributed by atoms with Gasteiger partial charge in [-0.3, -0.25) is 9.69 Å². The summed E-state index contributed by atoms with van der Waals surface area (Å²) >= 11 is 0. The van der Waals surface area contributed by atoms with Gasteiger partial charge in [-0.1, -0.05) is 48.5 Å². The second-order valence-electron chi connectivity index (χ2n) is 8.17. The second-order valence-corrected chi connectivity index (χ2v) is 8.17. The smallest absolute Gasteiger partial charge is 0.224 e. The molecule has 0 bridgehead atoms. The molecule has 4 nitrogen and oxygen atoms in total. The highest BCUT2D eigenvalue weighted by Crippen LogP contribution is 2.41. The minimum atomic E-state index is 0.0688. The highest BCUT2D eigenvalue weighted by Gasteiger charge is 2.38. The summed E-state index contributed by atoms with van der Waals surface area (Å²) in [4.78, 5) is 18.3. The first-order valence-electron chi connectivity index (χ1n) is 10.2. The summed E-state index contributed by atoms with van der Waals surface area (Å²) in [5.41, 5.74) is 3.60. The molecule has 0 saturated heterocycles. The van der Waals surface area contributed by atoms with E-state index in [0.29, 0.717) is 6.42 Å². The molecule has 28 heavy (non-hydrogen) atoms. The van der Waals surface area contributed by atoms with E-state index >= 15 is 0 Å². The van der Waals surface area contributed by atoms with E-state index in [1.807, 2.05) is 24.4 Å². The third-order valence-corrected chi connectivity index (χ3v) is 6.37. The summed E-state index contributed by atoms with van der Waals surface area (Å²) < 4.78 is 0. The number of carbonyl (C=O) groups excluding carboxylic acids is 1. The minimum absolute atomic E-state index is 0.0688. The number of hydrogen-bond acceptors (Lipinski definition) is 2. The van der Waals surface area contributed by atoms with Crippen LogP contribution < -0.4 is 5.32 Å². The van der Waals surface area contributed by atoms with Crippen LogP contribution in [0.2, 0.25) is 0 Å². The molecule has 1 aromatic heterocycles.